The summed E-state index contributed by atoms with van der Waals surface area (Å²) < 4.78 is 7.02. The topological polar surface area (TPSA) is 113 Å². The van der Waals surface area contributed by atoms with Gasteiger partial charge in [0.15, 0.2) is 6.61 Å². The second kappa shape index (κ2) is 9.88. The standard InChI is InChI=1S/C22H20ClN3O5S/c1-25-20(28)18(19(24)26(22(25)30)11-13-6-4-3-5-7-13)17(27)12-31-21(29)15-10-14(32-2)8-9-16(15)23/h3-10H,11-12,24H2,1-2H3. The summed E-state index contributed by atoms with van der Waals surface area (Å²) in [6.45, 7) is -0.668. The van der Waals surface area contributed by atoms with Gasteiger partial charge in [0.25, 0.3) is 5.56 Å². The molecule has 1 aromatic heterocycles. The molecule has 0 atom stereocenters. The number of nitrogens with zero attached hydrogens (tertiary/aromatic N) is 2. The van der Waals surface area contributed by atoms with E-state index in [1.807, 2.05) is 12.3 Å². The van der Waals surface area contributed by atoms with E-state index in [-0.39, 0.29) is 22.9 Å². The van der Waals surface area contributed by atoms with Crippen molar-refractivity contribution < 1.29 is 14.3 Å². The molecule has 0 aliphatic carbocycles. The molecule has 3 aromatic rings. The highest BCUT2D eigenvalue weighted by Crippen LogP contribution is 2.23. The number of halogens is 1. The van der Waals surface area contributed by atoms with E-state index in [9.17, 15) is 19.2 Å². The van der Waals surface area contributed by atoms with E-state index in [4.69, 9.17) is 22.1 Å². The van der Waals surface area contributed by atoms with Gasteiger partial charge in [0.2, 0.25) is 5.78 Å². The van der Waals surface area contributed by atoms with Crippen LogP contribution in [0.1, 0.15) is 26.3 Å². The number of aromatic nitrogens is 2. The summed E-state index contributed by atoms with van der Waals surface area (Å²) in [5.41, 5.74) is 4.96. The third kappa shape index (κ3) is 4.79. The number of anilines is 1. The molecule has 0 saturated heterocycles. The summed E-state index contributed by atoms with van der Waals surface area (Å²) in [7, 11) is 1.25. The average Bonchev–Trinajstić information content (AvgIpc) is 2.80. The van der Waals surface area contributed by atoms with E-state index in [1.165, 1.54) is 18.8 Å². The van der Waals surface area contributed by atoms with Gasteiger partial charge in [-0.3, -0.25) is 18.7 Å². The number of nitrogen functional groups attached to an aromatic ring is 1. The van der Waals surface area contributed by atoms with E-state index < -0.39 is 35.2 Å². The summed E-state index contributed by atoms with van der Waals surface area (Å²) in [4.78, 5) is 51.2. The monoisotopic (exact) mass is 473 g/mol. The Hall–Kier alpha value is -3.30. The SMILES string of the molecule is CSc1ccc(Cl)c(C(=O)OCC(=O)c2c(N)n(Cc3ccccc3)c(=O)n(C)c2=O)c1. The van der Waals surface area contributed by atoms with Crippen LogP contribution in [0.25, 0.3) is 0 Å². The molecule has 8 nitrogen and oxygen atoms in total. The van der Waals surface area contributed by atoms with Crippen molar-refractivity contribution >= 4 is 40.9 Å². The molecule has 10 heteroatoms. The van der Waals surface area contributed by atoms with Gasteiger partial charge in [0.05, 0.1) is 17.1 Å². The Morgan fingerprint density at radius 2 is 1.81 bits per heavy atom. The van der Waals surface area contributed by atoms with E-state index in [1.54, 1.807) is 42.5 Å². The molecule has 0 bridgehead atoms. The molecule has 0 aliphatic rings. The van der Waals surface area contributed by atoms with Crippen LogP contribution >= 0.6 is 23.4 Å². The molecule has 3 rings (SSSR count). The van der Waals surface area contributed by atoms with Crippen molar-refractivity contribution in [2.24, 2.45) is 7.05 Å². The maximum absolute atomic E-state index is 12.8. The van der Waals surface area contributed by atoms with Gasteiger partial charge in [0.1, 0.15) is 11.4 Å². The Balaban J connectivity index is 1.89. The van der Waals surface area contributed by atoms with Crippen molar-refractivity contribution in [3.63, 3.8) is 0 Å². The molecule has 166 valence electrons. The Bertz CT molecular complexity index is 1300. The Labute approximate surface area is 192 Å². The van der Waals surface area contributed by atoms with E-state index in [2.05, 4.69) is 0 Å². The van der Waals surface area contributed by atoms with E-state index >= 15 is 0 Å². The third-order valence-electron chi connectivity index (χ3n) is 4.77. The van der Waals surface area contributed by atoms with Crippen LogP contribution in [0.15, 0.2) is 63.0 Å². The number of ether oxygens (including phenoxy) is 1. The van der Waals surface area contributed by atoms with Gasteiger partial charge in [-0.15, -0.1) is 11.8 Å². The lowest BCUT2D eigenvalue weighted by Gasteiger charge is -2.15. The minimum atomic E-state index is -0.861. The lowest BCUT2D eigenvalue weighted by atomic mass is 10.1. The highest BCUT2D eigenvalue weighted by molar-refractivity contribution is 7.98. The first-order chi connectivity index (χ1) is 15.2. The second-order valence-corrected chi connectivity index (χ2v) is 8.11. The second-order valence-electron chi connectivity index (χ2n) is 6.82. The van der Waals surface area contributed by atoms with Gasteiger partial charge >= 0.3 is 11.7 Å². The third-order valence-corrected chi connectivity index (χ3v) is 5.83. The number of Topliss-reactive ketones (excluding diaryl/α,β-unsaturated/α-hetero) is 1. The van der Waals surface area contributed by atoms with Crippen LogP contribution in [0.5, 0.6) is 0 Å². The Morgan fingerprint density at radius 1 is 1.12 bits per heavy atom. The summed E-state index contributed by atoms with van der Waals surface area (Å²) in [5, 5.41) is 0.173. The van der Waals surface area contributed by atoms with Crippen LogP contribution in [-0.4, -0.2) is 33.7 Å². The maximum Gasteiger partial charge on any atom is 0.340 e. The van der Waals surface area contributed by atoms with E-state index in [0.29, 0.717) is 0 Å². The molecular formula is C22H20ClN3O5S. The van der Waals surface area contributed by atoms with E-state index in [0.717, 1.165) is 19.6 Å². The molecule has 0 spiro atoms. The van der Waals surface area contributed by atoms with Gasteiger partial charge in [-0.2, -0.15) is 0 Å². The minimum absolute atomic E-state index is 0.0662. The first-order valence-electron chi connectivity index (χ1n) is 9.41. The molecule has 0 radical (unpaired) electrons. The van der Waals surface area contributed by atoms with Crippen molar-refractivity contribution in [1.82, 2.24) is 9.13 Å². The summed E-state index contributed by atoms with van der Waals surface area (Å²) >= 11 is 7.47. The Kier molecular flexibility index (Phi) is 7.22. The zero-order valence-electron chi connectivity index (χ0n) is 17.3. The largest absolute Gasteiger partial charge is 0.454 e. The molecule has 0 aliphatic heterocycles. The number of hydrogen-bond donors (Lipinski definition) is 1. The van der Waals surface area contributed by atoms with Crippen LogP contribution in [0.2, 0.25) is 5.02 Å². The van der Waals surface area contributed by atoms with Crippen molar-refractivity contribution in [1.29, 1.82) is 0 Å². The number of hydrogen-bond acceptors (Lipinski definition) is 7. The number of carbonyl (C=O) groups is 2. The number of rotatable bonds is 7. The fraction of sp³-hybridized carbons (Fsp3) is 0.182. The normalized spacial score (nSPS) is 10.7. The summed E-state index contributed by atoms with van der Waals surface area (Å²) in [6, 6.07) is 13.8. The van der Waals surface area contributed by atoms with Gasteiger partial charge in [0, 0.05) is 11.9 Å². The highest BCUT2D eigenvalue weighted by Gasteiger charge is 2.23. The lowest BCUT2D eigenvalue weighted by molar-refractivity contribution is 0.0474. The van der Waals surface area contributed by atoms with Gasteiger partial charge < -0.3 is 10.5 Å². The molecule has 0 unspecified atom stereocenters. The fourth-order valence-corrected chi connectivity index (χ4v) is 3.67. The first kappa shape index (κ1) is 23.4. The Morgan fingerprint density at radius 3 is 2.47 bits per heavy atom. The molecular weight excluding hydrogens is 454 g/mol. The van der Waals surface area contributed by atoms with Gasteiger partial charge in [-0.25, -0.2) is 9.59 Å². The molecule has 2 aromatic carbocycles. The van der Waals surface area contributed by atoms with Crippen LogP contribution in [0.4, 0.5) is 5.82 Å². The number of esters is 1. The number of benzene rings is 2. The van der Waals surface area contributed by atoms with Crippen molar-refractivity contribution in [3.05, 3.63) is 91.1 Å². The minimum Gasteiger partial charge on any atom is -0.454 e. The first-order valence-corrected chi connectivity index (χ1v) is 11.0. The predicted molar refractivity (Wildman–Crippen MR) is 124 cm³/mol. The van der Waals surface area contributed by atoms with Gasteiger partial charge in [-0.1, -0.05) is 41.9 Å². The zero-order valence-corrected chi connectivity index (χ0v) is 18.9. The molecule has 0 amide bonds. The number of nitrogens with two attached hydrogens (primary N) is 1. The van der Waals surface area contributed by atoms with Crippen molar-refractivity contribution in [2.75, 3.05) is 18.6 Å². The zero-order chi connectivity index (χ0) is 23.4. The summed E-state index contributed by atoms with van der Waals surface area (Å²) in [6.07, 6.45) is 1.84. The van der Waals surface area contributed by atoms with Crippen molar-refractivity contribution in [2.45, 2.75) is 11.4 Å². The average molecular weight is 474 g/mol. The van der Waals surface area contributed by atoms with Crippen LogP contribution in [-0.2, 0) is 18.3 Å². The molecule has 32 heavy (non-hydrogen) atoms. The number of thioether (sulfide) groups is 1. The smallest absolute Gasteiger partial charge is 0.340 e. The fourth-order valence-electron chi connectivity index (χ4n) is 3.03. The summed E-state index contributed by atoms with van der Waals surface area (Å²) in [5.74, 6) is -1.92. The van der Waals surface area contributed by atoms with Crippen molar-refractivity contribution in [3.8, 4) is 0 Å². The highest BCUT2D eigenvalue weighted by atomic mass is 35.5. The quantitative estimate of drug-likeness (QED) is 0.318. The number of carbonyl (C=O) groups excluding carboxylic acids is 2. The molecule has 0 saturated carbocycles. The molecule has 2 N–H and O–H groups in total. The maximum atomic E-state index is 12.8. The van der Waals surface area contributed by atoms with Crippen LogP contribution < -0.4 is 17.0 Å². The molecule has 1 heterocycles. The van der Waals surface area contributed by atoms with Crippen LogP contribution in [0.3, 0.4) is 0 Å². The number of ketones is 1. The lowest BCUT2D eigenvalue weighted by Crippen LogP contribution is -2.43. The van der Waals surface area contributed by atoms with Crippen LogP contribution in [0, 0.1) is 0 Å². The van der Waals surface area contributed by atoms with Gasteiger partial charge in [-0.05, 0) is 30.0 Å². The predicted octanol–water partition coefficient (Wildman–Crippen LogP) is 2.59. The molecule has 0 fully saturated rings.